The third-order valence-corrected chi connectivity index (χ3v) is 2.95. The van der Waals surface area contributed by atoms with E-state index in [1.54, 1.807) is 24.0 Å². The lowest BCUT2D eigenvalue weighted by atomic mass is 10.1. The number of rotatable bonds is 4. The van der Waals surface area contributed by atoms with Gasteiger partial charge in [-0.15, -0.1) is 0 Å². The van der Waals surface area contributed by atoms with E-state index in [0.717, 1.165) is 12.1 Å². The first-order valence-corrected chi connectivity index (χ1v) is 5.80. The molecule has 0 fully saturated rings. The molecular weight excluding hydrogens is 268 g/mol. The fraction of sp³-hybridized carbons (Fsp3) is 0.231. The Balaban J connectivity index is 2.33. The molecule has 0 aliphatic heterocycles. The lowest BCUT2D eigenvalue weighted by Crippen LogP contribution is -2.21. The molecule has 0 radical (unpaired) electrons. The number of hydrogen-bond acceptors (Lipinski definition) is 3. The molecular formula is C13H13F2N3O2. The highest BCUT2D eigenvalue weighted by Gasteiger charge is 2.18. The van der Waals surface area contributed by atoms with Crippen molar-refractivity contribution in [3.8, 4) is 0 Å². The maximum absolute atomic E-state index is 13.9. The van der Waals surface area contributed by atoms with Crippen LogP contribution in [0.5, 0.6) is 0 Å². The first kappa shape index (κ1) is 14.0. The van der Waals surface area contributed by atoms with Gasteiger partial charge in [-0.05, 0) is 12.1 Å². The van der Waals surface area contributed by atoms with Crippen LogP contribution >= 0.6 is 0 Å². The highest BCUT2D eigenvalue weighted by molar-refractivity contribution is 5.88. The second-order valence-electron chi connectivity index (χ2n) is 4.40. The summed E-state index contributed by atoms with van der Waals surface area (Å²) >= 11 is 0. The minimum Gasteiger partial charge on any atom is -0.478 e. The fourth-order valence-corrected chi connectivity index (χ4v) is 1.89. The molecule has 0 aliphatic rings. The minimum atomic E-state index is -1.37. The average molecular weight is 281 g/mol. The van der Waals surface area contributed by atoms with Crippen LogP contribution in [-0.2, 0) is 13.6 Å². The molecule has 1 heterocycles. The summed E-state index contributed by atoms with van der Waals surface area (Å²) < 4.78 is 29.5. The van der Waals surface area contributed by atoms with Crippen LogP contribution in [0.4, 0.5) is 14.5 Å². The molecule has 0 bridgehead atoms. The van der Waals surface area contributed by atoms with Crippen LogP contribution in [0.1, 0.15) is 16.2 Å². The monoisotopic (exact) mass is 281 g/mol. The van der Waals surface area contributed by atoms with Crippen LogP contribution in [0.2, 0.25) is 0 Å². The normalized spacial score (nSPS) is 10.6. The summed E-state index contributed by atoms with van der Waals surface area (Å²) in [6.45, 7) is 0.198. The number of carboxylic acids is 1. The summed E-state index contributed by atoms with van der Waals surface area (Å²) in [6.07, 6.45) is 3.31. The van der Waals surface area contributed by atoms with Crippen molar-refractivity contribution in [2.24, 2.45) is 7.05 Å². The summed E-state index contributed by atoms with van der Waals surface area (Å²) in [5.41, 5.74) is -0.702. The molecule has 0 unspecified atom stereocenters. The first-order valence-electron chi connectivity index (χ1n) is 5.80. The van der Waals surface area contributed by atoms with Gasteiger partial charge in [0.15, 0.2) is 0 Å². The predicted octanol–water partition coefficient (Wildman–Crippen LogP) is 2.03. The molecule has 2 aromatic rings. The van der Waals surface area contributed by atoms with Crippen molar-refractivity contribution in [3.63, 3.8) is 0 Å². The number of aromatic carboxylic acids is 1. The molecule has 1 aromatic carbocycles. The van der Waals surface area contributed by atoms with Gasteiger partial charge in [0.2, 0.25) is 0 Å². The van der Waals surface area contributed by atoms with E-state index < -0.39 is 23.2 Å². The third-order valence-electron chi connectivity index (χ3n) is 2.95. The predicted molar refractivity (Wildman–Crippen MR) is 68.6 cm³/mol. The van der Waals surface area contributed by atoms with Gasteiger partial charge in [0, 0.05) is 26.5 Å². The summed E-state index contributed by atoms with van der Waals surface area (Å²) in [5, 5.41) is 8.75. The number of benzene rings is 1. The highest BCUT2D eigenvalue weighted by Crippen LogP contribution is 2.25. The van der Waals surface area contributed by atoms with E-state index in [-0.39, 0.29) is 12.2 Å². The molecule has 5 nitrogen and oxygen atoms in total. The molecule has 0 saturated heterocycles. The Labute approximate surface area is 114 Å². The van der Waals surface area contributed by atoms with E-state index in [1.807, 2.05) is 0 Å². The first-order chi connectivity index (χ1) is 9.40. The SMILES string of the molecule is CN(Cc1nccn1C)c1c(F)cc(C(=O)O)cc1F. The zero-order valence-corrected chi connectivity index (χ0v) is 11.0. The Hall–Kier alpha value is -2.44. The molecule has 0 amide bonds. The van der Waals surface area contributed by atoms with Crippen molar-refractivity contribution in [1.82, 2.24) is 9.55 Å². The van der Waals surface area contributed by atoms with Crippen LogP contribution in [0.25, 0.3) is 0 Å². The van der Waals surface area contributed by atoms with E-state index in [1.165, 1.54) is 11.9 Å². The summed E-state index contributed by atoms with van der Waals surface area (Å²) in [7, 11) is 3.28. The van der Waals surface area contributed by atoms with Gasteiger partial charge in [-0.3, -0.25) is 0 Å². The quantitative estimate of drug-likeness (QED) is 0.931. The van der Waals surface area contributed by atoms with E-state index >= 15 is 0 Å². The van der Waals surface area contributed by atoms with Gasteiger partial charge in [-0.25, -0.2) is 18.6 Å². The Morgan fingerprint density at radius 1 is 1.40 bits per heavy atom. The number of nitrogens with zero attached hydrogens (tertiary/aromatic N) is 3. The van der Waals surface area contributed by atoms with Crippen molar-refractivity contribution in [3.05, 3.63) is 47.5 Å². The maximum atomic E-state index is 13.9. The summed E-state index contributed by atoms with van der Waals surface area (Å²) in [6, 6.07) is 1.60. The number of aryl methyl sites for hydroxylation is 1. The lowest BCUT2D eigenvalue weighted by Gasteiger charge is -2.20. The average Bonchev–Trinajstić information content (AvgIpc) is 2.74. The topological polar surface area (TPSA) is 58.4 Å². The van der Waals surface area contributed by atoms with Gasteiger partial charge in [-0.1, -0.05) is 0 Å². The van der Waals surface area contributed by atoms with Crippen LogP contribution in [0.15, 0.2) is 24.5 Å². The van der Waals surface area contributed by atoms with Gasteiger partial charge in [0.25, 0.3) is 0 Å². The number of carbonyl (C=O) groups is 1. The summed E-state index contributed by atoms with van der Waals surface area (Å²) in [4.78, 5) is 16.1. The number of hydrogen-bond donors (Lipinski definition) is 1. The third kappa shape index (κ3) is 2.61. The number of halogens is 2. The number of carboxylic acid groups (broad SMARTS) is 1. The van der Waals surface area contributed by atoms with Crippen LogP contribution in [0, 0.1) is 11.6 Å². The van der Waals surface area contributed by atoms with Gasteiger partial charge in [0.05, 0.1) is 12.1 Å². The molecule has 7 heteroatoms. The molecule has 106 valence electrons. The number of anilines is 1. The molecule has 2 rings (SSSR count). The maximum Gasteiger partial charge on any atom is 0.335 e. The standard InChI is InChI=1S/C13H13F2N3O2/c1-17-4-3-16-11(17)7-18(2)12-9(14)5-8(13(19)20)6-10(12)15/h3-6H,7H2,1-2H3,(H,19,20). The minimum absolute atomic E-state index is 0.198. The van der Waals surface area contributed by atoms with Crippen molar-refractivity contribution >= 4 is 11.7 Å². The van der Waals surface area contributed by atoms with Gasteiger partial charge in [-0.2, -0.15) is 0 Å². The Bertz CT molecular complexity index is 632. The van der Waals surface area contributed by atoms with Crippen molar-refractivity contribution in [2.45, 2.75) is 6.54 Å². The van der Waals surface area contributed by atoms with Crippen molar-refractivity contribution < 1.29 is 18.7 Å². The zero-order chi connectivity index (χ0) is 14.9. The van der Waals surface area contributed by atoms with Crippen LogP contribution < -0.4 is 4.90 Å². The second-order valence-corrected chi connectivity index (χ2v) is 4.40. The summed E-state index contributed by atoms with van der Waals surface area (Å²) in [5.74, 6) is -2.58. The molecule has 1 aromatic heterocycles. The van der Waals surface area contributed by atoms with Gasteiger partial charge >= 0.3 is 5.97 Å². The van der Waals surface area contributed by atoms with E-state index in [0.29, 0.717) is 5.82 Å². The lowest BCUT2D eigenvalue weighted by molar-refractivity contribution is 0.0695. The van der Waals surface area contributed by atoms with Crippen molar-refractivity contribution in [1.29, 1.82) is 0 Å². The van der Waals surface area contributed by atoms with Gasteiger partial charge in [0.1, 0.15) is 23.1 Å². The Morgan fingerprint density at radius 3 is 2.45 bits per heavy atom. The molecule has 0 aliphatic carbocycles. The van der Waals surface area contributed by atoms with Crippen LogP contribution in [0.3, 0.4) is 0 Å². The second kappa shape index (κ2) is 5.28. The number of aromatic nitrogens is 2. The molecule has 0 spiro atoms. The van der Waals surface area contributed by atoms with Gasteiger partial charge < -0.3 is 14.6 Å². The number of imidazole rings is 1. The van der Waals surface area contributed by atoms with Crippen LogP contribution in [-0.4, -0.2) is 27.7 Å². The largest absolute Gasteiger partial charge is 0.478 e. The molecule has 0 atom stereocenters. The molecule has 0 saturated carbocycles. The van der Waals surface area contributed by atoms with E-state index in [2.05, 4.69) is 4.98 Å². The zero-order valence-electron chi connectivity index (χ0n) is 11.0. The highest BCUT2D eigenvalue weighted by atomic mass is 19.1. The Kier molecular flexibility index (Phi) is 3.69. The molecule has 20 heavy (non-hydrogen) atoms. The fourth-order valence-electron chi connectivity index (χ4n) is 1.89. The van der Waals surface area contributed by atoms with Crippen molar-refractivity contribution in [2.75, 3.05) is 11.9 Å². The Morgan fingerprint density at radius 2 is 2.00 bits per heavy atom. The van der Waals surface area contributed by atoms with E-state index in [4.69, 9.17) is 5.11 Å². The smallest absolute Gasteiger partial charge is 0.335 e. The molecule has 1 N–H and O–H groups in total. The van der Waals surface area contributed by atoms with E-state index in [9.17, 15) is 13.6 Å².